The quantitative estimate of drug-likeness (QED) is 0.797. The summed E-state index contributed by atoms with van der Waals surface area (Å²) in [5.41, 5.74) is 6.63. The number of aryl methyl sites for hydroxylation is 1. The van der Waals surface area contributed by atoms with Crippen LogP contribution in [0.25, 0.3) is 0 Å². The molecule has 1 aliphatic carbocycles. The molecule has 3 nitrogen and oxygen atoms in total. The van der Waals surface area contributed by atoms with Crippen molar-refractivity contribution in [2.24, 2.45) is 17.1 Å². The summed E-state index contributed by atoms with van der Waals surface area (Å²) in [5, 5.41) is 0. The minimum absolute atomic E-state index is 0.111. The van der Waals surface area contributed by atoms with Crippen LogP contribution in [0.3, 0.4) is 0 Å². The molecule has 0 aliphatic heterocycles. The molecule has 0 aromatic carbocycles. The number of nitrogens with zero attached hydrogens (tertiary/aromatic N) is 2. The Bertz CT molecular complexity index is 327. The predicted octanol–water partition coefficient (Wildman–Crippen LogP) is 1.95. The van der Waals surface area contributed by atoms with Crippen LogP contribution in [0, 0.1) is 11.3 Å². The molecule has 0 radical (unpaired) electrons. The first kappa shape index (κ1) is 9.71. The van der Waals surface area contributed by atoms with Crippen molar-refractivity contribution in [3.8, 4) is 0 Å². The summed E-state index contributed by atoms with van der Waals surface area (Å²) >= 11 is 0. The number of hydrogen-bond acceptors (Lipinski definition) is 2. The van der Waals surface area contributed by atoms with E-state index < -0.39 is 0 Å². The fourth-order valence-electron chi connectivity index (χ4n) is 2.19. The first-order chi connectivity index (χ1) is 6.56. The minimum atomic E-state index is 0.111. The standard InChI is InChI=1S/C11H19N3/c1-4-14-6-5-13-10(14)9(12)8-7-11(8,2)3/h5-6,8-9H,4,7,12H2,1-3H3. The van der Waals surface area contributed by atoms with Gasteiger partial charge in [0.25, 0.3) is 0 Å². The Kier molecular flexibility index (Phi) is 2.14. The average molecular weight is 193 g/mol. The molecule has 1 heterocycles. The third-order valence-corrected chi connectivity index (χ3v) is 3.41. The fraction of sp³-hybridized carbons (Fsp3) is 0.727. The van der Waals surface area contributed by atoms with Crippen LogP contribution in [-0.4, -0.2) is 9.55 Å². The van der Waals surface area contributed by atoms with Crippen LogP contribution in [0.1, 0.15) is 39.1 Å². The molecule has 2 rings (SSSR count). The van der Waals surface area contributed by atoms with Crippen LogP contribution in [0.15, 0.2) is 12.4 Å². The van der Waals surface area contributed by atoms with Crippen molar-refractivity contribution >= 4 is 0 Å². The summed E-state index contributed by atoms with van der Waals surface area (Å²) in [6.45, 7) is 7.62. The van der Waals surface area contributed by atoms with Gasteiger partial charge >= 0.3 is 0 Å². The van der Waals surface area contributed by atoms with E-state index in [0.717, 1.165) is 12.4 Å². The van der Waals surface area contributed by atoms with Crippen molar-refractivity contribution in [3.05, 3.63) is 18.2 Å². The highest BCUT2D eigenvalue weighted by Gasteiger charge is 2.50. The van der Waals surface area contributed by atoms with Crippen LogP contribution >= 0.6 is 0 Å². The fourth-order valence-corrected chi connectivity index (χ4v) is 2.19. The lowest BCUT2D eigenvalue weighted by Crippen LogP contribution is -2.20. The van der Waals surface area contributed by atoms with Crippen LogP contribution in [0.4, 0.5) is 0 Å². The SMILES string of the molecule is CCn1ccnc1C(N)C1CC1(C)C. The highest BCUT2D eigenvalue weighted by Crippen LogP contribution is 2.56. The summed E-state index contributed by atoms with van der Waals surface area (Å²) in [6.07, 6.45) is 5.07. The lowest BCUT2D eigenvalue weighted by Gasteiger charge is -2.14. The predicted molar refractivity (Wildman–Crippen MR) is 56.7 cm³/mol. The maximum absolute atomic E-state index is 6.21. The summed E-state index contributed by atoms with van der Waals surface area (Å²) in [4.78, 5) is 4.35. The Labute approximate surface area is 85.3 Å². The lowest BCUT2D eigenvalue weighted by molar-refractivity contribution is 0.461. The van der Waals surface area contributed by atoms with E-state index in [9.17, 15) is 0 Å². The largest absolute Gasteiger partial charge is 0.334 e. The molecule has 2 atom stereocenters. The molecule has 1 aromatic rings. The molecular formula is C11H19N3. The van der Waals surface area contributed by atoms with Gasteiger partial charge in [0.05, 0.1) is 6.04 Å². The van der Waals surface area contributed by atoms with Crippen molar-refractivity contribution in [1.82, 2.24) is 9.55 Å². The van der Waals surface area contributed by atoms with Crippen molar-refractivity contribution < 1.29 is 0 Å². The van der Waals surface area contributed by atoms with E-state index in [0.29, 0.717) is 11.3 Å². The minimum Gasteiger partial charge on any atom is -0.334 e. The van der Waals surface area contributed by atoms with Crippen molar-refractivity contribution in [2.75, 3.05) is 0 Å². The first-order valence-corrected chi connectivity index (χ1v) is 5.33. The van der Waals surface area contributed by atoms with Gasteiger partial charge in [-0.3, -0.25) is 0 Å². The van der Waals surface area contributed by atoms with Gasteiger partial charge < -0.3 is 10.3 Å². The van der Waals surface area contributed by atoms with Gasteiger partial charge in [0.15, 0.2) is 0 Å². The number of imidazole rings is 1. The molecule has 0 bridgehead atoms. The molecule has 1 aromatic heterocycles. The first-order valence-electron chi connectivity index (χ1n) is 5.33. The molecule has 2 unspecified atom stereocenters. The van der Waals surface area contributed by atoms with Crippen LogP contribution < -0.4 is 5.73 Å². The topological polar surface area (TPSA) is 43.8 Å². The Morgan fingerprint density at radius 2 is 2.36 bits per heavy atom. The van der Waals surface area contributed by atoms with Crippen LogP contribution in [-0.2, 0) is 6.54 Å². The average Bonchev–Trinajstić information content (AvgIpc) is 2.64. The monoisotopic (exact) mass is 193 g/mol. The molecule has 78 valence electrons. The Balaban J connectivity index is 2.16. The van der Waals surface area contributed by atoms with Gasteiger partial charge in [0, 0.05) is 18.9 Å². The third kappa shape index (κ3) is 1.46. The number of aromatic nitrogens is 2. The van der Waals surface area contributed by atoms with E-state index in [1.54, 1.807) is 0 Å². The second-order valence-electron chi connectivity index (χ2n) is 4.90. The zero-order valence-electron chi connectivity index (χ0n) is 9.20. The Morgan fingerprint density at radius 1 is 1.71 bits per heavy atom. The number of hydrogen-bond donors (Lipinski definition) is 1. The Morgan fingerprint density at radius 3 is 2.86 bits per heavy atom. The molecule has 0 saturated heterocycles. The van der Waals surface area contributed by atoms with Gasteiger partial charge in [-0.2, -0.15) is 0 Å². The van der Waals surface area contributed by atoms with Crippen LogP contribution in [0.5, 0.6) is 0 Å². The Hall–Kier alpha value is -0.830. The van der Waals surface area contributed by atoms with E-state index >= 15 is 0 Å². The third-order valence-electron chi connectivity index (χ3n) is 3.41. The zero-order valence-corrected chi connectivity index (χ0v) is 9.20. The molecule has 0 spiro atoms. The van der Waals surface area contributed by atoms with Crippen molar-refractivity contribution in [2.45, 2.75) is 39.8 Å². The molecule has 1 saturated carbocycles. The van der Waals surface area contributed by atoms with Crippen molar-refractivity contribution in [1.29, 1.82) is 0 Å². The molecule has 3 heteroatoms. The summed E-state index contributed by atoms with van der Waals surface area (Å²) < 4.78 is 2.14. The second kappa shape index (κ2) is 3.09. The number of rotatable bonds is 3. The van der Waals surface area contributed by atoms with E-state index in [4.69, 9.17) is 5.73 Å². The highest BCUT2D eigenvalue weighted by molar-refractivity contribution is 5.10. The molecule has 1 aliphatic rings. The van der Waals surface area contributed by atoms with Gasteiger partial charge in [-0.1, -0.05) is 13.8 Å². The van der Waals surface area contributed by atoms with Crippen molar-refractivity contribution in [3.63, 3.8) is 0 Å². The van der Waals surface area contributed by atoms with E-state index in [2.05, 4.69) is 30.3 Å². The maximum atomic E-state index is 6.21. The smallest absolute Gasteiger partial charge is 0.125 e. The molecule has 0 amide bonds. The molecule has 2 N–H and O–H groups in total. The second-order valence-corrected chi connectivity index (χ2v) is 4.90. The summed E-state index contributed by atoms with van der Waals surface area (Å²) in [6, 6.07) is 0.111. The van der Waals surface area contributed by atoms with Gasteiger partial charge in [0.2, 0.25) is 0 Å². The molecule has 1 fully saturated rings. The number of nitrogens with two attached hydrogens (primary N) is 1. The highest BCUT2D eigenvalue weighted by atomic mass is 15.1. The summed E-state index contributed by atoms with van der Waals surface area (Å²) in [7, 11) is 0. The summed E-state index contributed by atoms with van der Waals surface area (Å²) in [5.74, 6) is 1.65. The maximum Gasteiger partial charge on any atom is 0.125 e. The van der Waals surface area contributed by atoms with E-state index in [-0.39, 0.29) is 6.04 Å². The van der Waals surface area contributed by atoms with E-state index in [1.165, 1.54) is 6.42 Å². The van der Waals surface area contributed by atoms with Gasteiger partial charge in [0.1, 0.15) is 5.82 Å². The van der Waals surface area contributed by atoms with Gasteiger partial charge in [-0.15, -0.1) is 0 Å². The van der Waals surface area contributed by atoms with E-state index in [1.807, 2.05) is 12.4 Å². The zero-order chi connectivity index (χ0) is 10.3. The van der Waals surface area contributed by atoms with Gasteiger partial charge in [-0.25, -0.2) is 4.98 Å². The van der Waals surface area contributed by atoms with Gasteiger partial charge in [-0.05, 0) is 24.7 Å². The van der Waals surface area contributed by atoms with Crippen LogP contribution in [0.2, 0.25) is 0 Å². The lowest BCUT2D eigenvalue weighted by atomic mass is 10.0. The normalized spacial score (nSPS) is 26.1. The molecule has 14 heavy (non-hydrogen) atoms. The molecular weight excluding hydrogens is 174 g/mol.